The Balaban J connectivity index is 1.73. The summed E-state index contributed by atoms with van der Waals surface area (Å²) in [4.78, 5) is 29.1. The highest BCUT2D eigenvalue weighted by molar-refractivity contribution is 7.91. The van der Waals surface area contributed by atoms with Gasteiger partial charge in [0.1, 0.15) is 0 Å². The lowest BCUT2D eigenvalue weighted by Crippen LogP contribution is -2.63. The zero-order valence-corrected chi connectivity index (χ0v) is 14.6. The molecule has 9 heteroatoms. The Hall–Kier alpha value is -1.35. The lowest BCUT2D eigenvalue weighted by atomic mass is 10.0. The number of piperazine rings is 1. The molecule has 3 aliphatic heterocycles. The molecule has 0 spiro atoms. The average molecular weight is 359 g/mol. The first-order valence-corrected chi connectivity index (χ1v) is 10.4. The topological polar surface area (TPSA) is 98.2 Å². The zero-order chi connectivity index (χ0) is 17.3. The Kier molecular flexibility index (Phi) is 5.00. The highest BCUT2D eigenvalue weighted by Crippen LogP contribution is 2.28. The molecule has 24 heavy (non-hydrogen) atoms. The summed E-state index contributed by atoms with van der Waals surface area (Å²) in [6.07, 6.45) is 3.12. The third-order valence-electron chi connectivity index (χ3n) is 5.28. The third kappa shape index (κ3) is 3.66. The van der Waals surface area contributed by atoms with Gasteiger partial charge in [-0.2, -0.15) is 0 Å². The van der Waals surface area contributed by atoms with Gasteiger partial charge >= 0.3 is 12.0 Å². The van der Waals surface area contributed by atoms with Crippen LogP contribution in [0.1, 0.15) is 25.7 Å². The molecule has 0 saturated carbocycles. The quantitative estimate of drug-likeness (QED) is 0.753. The average Bonchev–Trinajstić information content (AvgIpc) is 2.87. The molecule has 0 aromatic heterocycles. The fourth-order valence-corrected chi connectivity index (χ4v) is 6.06. The maximum Gasteiger partial charge on any atom is 0.320 e. The number of carboxylic acid groups (broad SMARTS) is 1. The third-order valence-corrected chi connectivity index (χ3v) is 6.97. The molecule has 2 amide bonds. The molecule has 2 atom stereocenters. The Labute approximate surface area is 142 Å². The van der Waals surface area contributed by atoms with Gasteiger partial charge in [0.2, 0.25) is 0 Å². The number of urea groups is 1. The first-order chi connectivity index (χ1) is 11.4. The number of nitrogens with zero attached hydrogens (tertiary/aromatic N) is 3. The Bertz CT molecular complexity index is 602. The standard InChI is InChI=1S/C15H25N3O5S/c19-14(20)4-7-16-8-9-18(13-11-24(22,23)10-12(13)16)15(21)17-5-2-1-3-6-17/h12-13H,1-11H2,(H,19,20)/t12-,13+/m0/s1. The number of rotatable bonds is 3. The van der Waals surface area contributed by atoms with E-state index in [1.165, 1.54) is 0 Å². The van der Waals surface area contributed by atoms with Gasteiger partial charge in [0.15, 0.2) is 9.84 Å². The van der Waals surface area contributed by atoms with Crippen LogP contribution in [0.4, 0.5) is 4.79 Å². The maximum atomic E-state index is 12.8. The lowest BCUT2D eigenvalue weighted by Gasteiger charge is -2.45. The van der Waals surface area contributed by atoms with Crippen molar-refractivity contribution in [3.8, 4) is 0 Å². The van der Waals surface area contributed by atoms with E-state index in [1.807, 2.05) is 9.80 Å². The minimum absolute atomic E-state index is 0.0106. The van der Waals surface area contributed by atoms with E-state index < -0.39 is 15.8 Å². The molecule has 3 aliphatic rings. The minimum Gasteiger partial charge on any atom is -0.481 e. The van der Waals surface area contributed by atoms with Crippen molar-refractivity contribution < 1.29 is 23.1 Å². The van der Waals surface area contributed by atoms with Gasteiger partial charge in [-0.1, -0.05) is 0 Å². The molecule has 8 nitrogen and oxygen atoms in total. The van der Waals surface area contributed by atoms with Gasteiger partial charge in [-0.05, 0) is 19.3 Å². The maximum absolute atomic E-state index is 12.8. The van der Waals surface area contributed by atoms with Gasteiger partial charge in [0, 0.05) is 38.8 Å². The van der Waals surface area contributed by atoms with Crippen molar-refractivity contribution in [2.24, 2.45) is 0 Å². The summed E-state index contributed by atoms with van der Waals surface area (Å²) in [6.45, 7) is 2.80. The van der Waals surface area contributed by atoms with Crippen LogP contribution in [-0.2, 0) is 14.6 Å². The Morgan fingerprint density at radius 3 is 2.29 bits per heavy atom. The molecule has 3 heterocycles. The van der Waals surface area contributed by atoms with E-state index in [0.717, 1.165) is 32.4 Å². The monoisotopic (exact) mass is 359 g/mol. The van der Waals surface area contributed by atoms with Crippen LogP contribution in [0.3, 0.4) is 0 Å². The largest absolute Gasteiger partial charge is 0.481 e. The second-order valence-corrected chi connectivity index (χ2v) is 9.07. The van der Waals surface area contributed by atoms with E-state index in [1.54, 1.807) is 4.90 Å². The van der Waals surface area contributed by atoms with E-state index in [-0.39, 0.29) is 36.0 Å². The van der Waals surface area contributed by atoms with Crippen molar-refractivity contribution >= 4 is 21.8 Å². The van der Waals surface area contributed by atoms with Gasteiger partial charge in [0.25, 0.3) is 0 Å². The van der Waals surface area contributed by atoms with E-state index >= 15 is 0 Å². The lowest BCUT2D eigenvalue weighted by molar-refractivity contribution is -0.137. The highest BCUT2D eigenvalue weighted by atomic mass is 32.2. The number of carbonyl (C=O) groups excluding carboxylic acids is 1. The van der Waals surface area contributed by atoms with Crippen molar-refractivity contribution in [3.05, 3.63) is 0 Å². The number of piperidine rings is 1. The van der Waals surface area contributed by atoms with E-state index in [9.17, 15) is 18.0 Å². The number of carboxylic acids is 1. The second-order valence-electron chi connectivity index (χ2n) is 6.91. The summed E-state index contributed by atoms with van der Waals surface area (Å²) in [5, 5.41) is 8.88. The van der Waals surface area contributed by atoms with Crippen LogP contribution in [0.25, 0.3) is 0 Å². The smallest absolute Gasteiger partial charge is 0.320 e. The van der Waals surface area contributed by atoms with Gasteiger partial charge in [-0.25, -0.2) is 13.2 Å². The number of carbonyl (C=O) groups is 2. The molecule has 0 radical (unpaired) electrons. The molecule has 3 fully saturated rings. The normalized spacial score (nSPS) is 30.2. The van der Waals surface area contributed by atoms with Crippen LogP contribution in [0, 0.1) is 0 Å². The van der Waals surface area contributed by atoms with Gasteiger partial charge in [-0.3, -0.25) is 9.69 Å². The Morgan fingerprint density at radius 1 is 0.958 bits per heavy atom. The predicted molar refractivity (Wildman–Crippen MR) is 87.6 cm³/mol. The molecule has 0 aromatic rings. The first-order valence-electron chi connectivity index (χ1n) is 8.59. The SMILES string of the molecule is O=C(O)CCN1CCN(C(=O)N2CCCCC2)[C@@H]2CS(=O)(=O)C[C@@H]21. The van der Waals surface area contributed by atoms with Crippen molar-refractivity contribution in [1.29, 1.82) is 0 Å². The molecule has 0 bridgehead atoms. The summed E-state index contributed by atoms with van der Waals surface area (Å²) in [5.74, 6) is -0.888. The van der Waals surface area contributed by atoms with Crippen LogP contribution in [-0.4, -0.2) is 96.5 Å². The molecular weight excluding hydrogens is 334 g/mol. The van der Waals surface area contributed by atoms with Gasteiger partial charge < -0.3 is 14.9 Å². The summed E-state index contributed by atoms with van der Waals surface area (Å²) in [6, 6.07) is -0.691. The predicted octanol–water partition coefficient (Wildman–Crippen LogP) is -0.150. The molecule has 1 N–H and O–H groups in total. The van der Waals surface area contributed by atoms with Crippen LogP contribution < -0.4 is 0 Å². The van der Waals surface area contributed by atoms with E-state index in [2.05, 4.69) is 0 Å². The van der Waals surface area contributed by atoms with Crippen LogP contribution in [0.2, 0.25) is 0 Å². The van der Waals surface area contributed by atoms with Crippen molar-refractivity contribution in [1.82, 2.24) is 14.7 Å². The van der Waals surface area contributed by atoms with Crippen molar-refractivity contribution in [2.45, 2.75) is 37.8 Å². The van der Waals surface area contributed by atoms with E-state index in [4.69, 9.17) is 5.11 Å². The number of fused-ring (bicyclic) bond motifs is 1. The number of likely N-dealkylation sites (tertiary alicyclic amines) is 1. The highest BCUT2D eigenvalue weighted by Gasteiger charge is 2.48. The molecule has 136 valence electrons. The molecule has 0 aromatic carbocycles. The molecular formula is C15H25N3O5S. The summed E-state index contributed by atoms with van der Waals surface area (Å²) < 4.78 is 24.3. The van der Waals surface area contributed by atoms with Gasteiger partial charge in [-0.15, -0.1) is 0 Å². The fourth-order valence-electron chi connectivity index (χ4n) is 4.05. The van der Waals surface area contributed by atoms with Gasteiger partial charge in [0.05, 0.1) is 24.0 Å². The summed E-state index contributed by atoms with van der Waals surface area (Å²) in [7, 11) is -3.20. The molecule has 3 rings (SSSR count). The number of amides is 2. The number of hydrogen-bond acceptors (Lipinski definition) is 5. The fraction of sp³-hybridized carbons (Fsp3) is 0.867. The van der Waals surface area contributed by atoms with E-state index in [0.29, 0.717) is 19.6 Å². The first kappa shape index (κ1) is 17.5. The second kappa shape index (κ2) is 6.87. The minimum atomic E-state index is -3.20. The molecule has 3 saturated heterocycles. The summed E-state index contributed by atoms with van der Waals surface area (Å²) >= 11 is 0. The van der Waals surface area contributed by atoms with Crippen LogP contribution in [0.15, 0.2) is 0 Å². The molecule has 0 unspecified atom stereocenters. The van der Waals surface area contributed by atoms with Crippen LogP contribution >= 0.6 is 0 Å². The number of aliphatic carboxylic acids is 1. The zero-order valence-electron chi connectivity index (χ0n) is 13.8. The van der Waals surface area contributed by atoms with Crippen LogP contribution in [0.5, 0.6) is 0 Å². The van der Waals surface area contributed by atoms with Crippen molar-refractivity contribution in [2.75, 3.05) is 44.2 Å². The number of sulfone groups is 1. The van der Waals surface area contributed by atoms with Crippen molar-refractivity contribution in [3.63, 3.8) is 0 Å². The molecule has 0 aliphatic carbocycles. The number of hydrogen-bond donors (Lipinski definition) is 1. The summed E-state index contributed by atoms with van der Waals surface area (Å²) in [5.41, 5.74) is 0. The Morgan fingerprint density at radius 2 is 1.62 bits per heavy atom.